The van der Waals surface area contributed by atoms with Gasteiger partial charge in [0.05, 0.1) is 17.9 Å². The van der Waals surface area contributed by atoms with Crippen molar-refractivity contribution in [2.75, 3.05) is 32.7 Å². The van der Waals surface area contributed by atoms with E-state index in [4.69, 9.17) is 4.42 Å². The molecule has 2 heterocycles. The van der Waals surface area contributed by atoms with Crippen LogP contribution in [0.5, 0.6) is 0 Å². The van der Waals surface area contributed by atoms with Gasteiger partial charge in [-0.25, -0.2) is 0 Å². The fraction of sp³-hybridized carbons (Fsp3) is 0.688. The number of piperazine rings is 1. The van der Waals surface area contributed by atoms with Gasteiger partial charge in [0.25, 0.3) is 5.91 Å². The molecule has 21 heavy (non-hydrogen) atoms. The molecular formula is C16H26N2O3. The third-order valence-electron chi connectivity index (χ3n) is 4.18. The molecule has 0 aromatic carbocycles. The normalized spacial score (nSPS) is 18.8. The van der Waals surface area contributed by atoms with Crippen molar-refractivity contribution >= 4 is 5.91 Å². The van der Waals surface area contributed by atoms with Gasteiger partial charge in [0.2, 0.25) is 0 Å². The van der Waals surface area contributed by atoms with Crippen LogP contribution >= 0.6 is 0 Å². The van der Waals surface area contributed by atoms with Crippen LogP contribution in [0.2, 0.25) is 0 Å². The van der Waals surface area contributed by atoms with Gasteiger partial charge in [0, 0.05) is 32.7 Å². The Labute approximate surface area is 126 Å². The molecule has 1 aliphatic rings. The van der Waals surface area contributed by atoms with Crippen molar-refractivity contribution in [3.05, 3.63) is 23.7 Å². The number of aliphatic hydroxyl groups excluding tert-OH is 1. The van der Waals surface area contributed by atoms with Crippen LogP contribution in [0.3, 0.4) is 0 Å². The molecule has 5 nitrogen and oxygen atoms in total. The van der Waals surface area contributed by atoms with Gasteiger partial charge in [0.15, 0.2) is 0 Å². The molecule has 1 amide bonds. The predicted molar refractivity (Wildman–Crippen MR) is 81.3 cm³/mol. The predicted octanol–water partition coefficient (Wildman–Crippen LogP) is 1.75. The maximum Gasteiger partial charge on any atom is 0.257 e. The van der Waals surface area contributed by atoms with E-state index in [0.29, 0.717) is 31.0 Å². The third-order valence-corrected chi connectivity index (χ3v) is 4.18. The van der Waals surface area contributed by atoms with Crippen LogP contribution in [0.1, 0.15) is 36.9 Å². The SMILES string of the molecule is Cc1occc1C(=O)N1CCN(C[C@H](O)C(C)(C)C)CC1. The van der Waals surface area contributed by atoms with E-state index in [-0.39, 0.29) is 17.4 Å². The van der Waals surface area contributed by atoms with Crippen LogP contribution in [0.25, 0.3) is 0 Å². The lowest BCUT2D eigenvalue weighted by Gasteiger charge is -2.37. The highest BCUT2D eigenvalue weighted by molar-refractivity contribution is 5.95. The second kappa shape index (κ2) is 6.20. The number of amides is 1. The van der Waals surface area contributed by atoms with Crippen LogP contribution in [0, 0.1) is 12.3 Å². The average Bonchev–Trinajstić information content (AvgIpc) is 2.84. The molecule has 1 aliphatic heterocycles. The van der Waals surface area contributed by atoms with E-state index in [9.17, 15) is 9.90 Å². The van der Waals surface area contributed by atoms with Crippen LogP contribution in [0.15, 0.2) is 16.7 Å². The summed E-state index contributed by atoms with van der Waals surface area (Å²) in [5.41, 5.74) is 0.541. The number of hydrogen-bond acceptors (Lipinski definition) is 4. The van der Waals surface area contributed by atoms with E-state index in [2.05, 4.69) is 4.90 Å². The summed E-state index contributed by atoms with van der Waals surface area (Å²) in [7, 11) is 0. The molecule has 0 unspecified atom stereocenters. The lowest BCUT2D eigenvalue weighted by Crippen LogP contribution is -2.51. The standard InChI is InChI=1S/C16H26N2O3/c1-12-13(5-10-21-12)15(20)18-8-6-17(7-9-18)11-14(19)16(2,3)4/h5,10,14,19H,6-9,11H2,1-4H3/t14-/m0/s1. The van der Waals surface area contributed by atoms with Crippen molar-refractivity contribution in [2.24, 2.45) is 5.41 Å². The lowest BCUT2D eigenvalue weighted by molar-refractivity contribution is 0.0136. The number of nitrogens with zero attached hydrogens (tertiary/aromatic N) is 2. The van der Waals surface area contributed by atoms with Gasteiger partial charge in [0.1, 0.15) is 5.76 Å². The second-order valence-corrected chi connectivity index (χ2v) is 6.87. The van der Waals surface area contributed by atoms with Crippen LogP contribution in [0.4, 0.5) is 0 Å². The fourth-order valence-electron chi connectivity index (χ4n) is 2.43. The molecule has 2 rings (SSSR count). The zero-order valence-corrected chi connectivity index (χ0v) is 13.4. The number of rotatable bonds is 3. The molecule has 0 saturated carbocycles. The topological polar surface area (TPSA) is 56.9 Å². The minimum absolute atomic E-state index is 0.0391. The Morgan fingerprint density at radius 2 is 1.95 bits per heavy atom. The minimum Gasteiger partial charge on any atom is -0.469 e. The Balaban J connectivity index is 1.86. The monoisotopic (exact) mass is 294 g/mol. The number of hydrogen-bond donors (Lipinski definition) is 1. The molecule has 0 bridgehead atoms. The summed E-state index contributed by atoms with van der Waals surface area (Å²) < 4.78 is 5.20. The number of aryl methyl sites for hydroxylation is 1. The highest BCUT2D eigenvalue weighted by Crippen LogP contribution is 2.21. The quantitative estimate of drug-likeness (QED) is 0.923. The van der Waals surface area contributed by atoms with Crippen molar-refractivity contribution in [3.63, 3.8) is 0 Å². The zero-order valence-electron chi connectivity index (χ0n) is 13.4. The van der Waals surface area contributed by atoms with Gasteiger partial charge < -0.3 is 14.4 Å². The number of β-amino-alcohol motifs (C(OH)–C–C–N with tert-alkyl or cyclic N) is 1. The molecule has 1 fully saturated rings. The van der Waals surface area contributed by atoms with Gasteiger partial charge in [-0.05, 0) is 18.4 Å². The van der Waals surface area contributed by atoms with Crippen LogP contribution in [-0.2, 0) is 0 Å². The summed E-state index contributed by atoms with van der Waals surface area (Å²) in [5.74, 6) is 0.711. The first-order chi connectivity index (χ1) is 9.79. The minimum atomic E-state index is -0.351. The van der Waals surface area contributed by atoms with Gasteiger partial charge in [-0.3, -0.25) is 9.69 Å². The largest absolute Gasteiger partial charge is 0.469 e. The molecule has 5 heteroatoms. The molecule has 1 aromatic rings. The molecule has 0 aliphatic carbocycles. The molecular weight excluding hydrogens is 268 g/mol. The zero-order chi connectivity index (χ0) is 15.6. The van der Waals surface area contributed by atoms with E-state index in [1.807, 2.05) is 32.6 Å². The first-order valence-electron chi connectivity index (χ1n) is 7.53. The van der Waals surface area contributed by atoms with Crippen molar-refractivity contribution in [1.82, 2.24) is 9.80 Å². The van der Waals surface area contributed by atoms with Gasteiger partial charge in [-0.15, -0.1) is 0 Å². The van der Waals surface area contributed by atoms with E-state index >= 15 is 0 Å². The van der Waals surface area contributed by atoms with Crippen molar-refractivity contribution in [3.8, 4) is 0 Å². The molecule has 0 radical (unpaired) electrons. The molecule has 0 spiro atoms. The Bertz CT molecular complexity index is 482. The number of furan rings is 1. The number of aliphatic hydroxyl groups is 1. The number of carbonyl (C=O) groups is 1. The van der Waals surface area contributed by atoms with E-state index < -0.39 is 0 Å². The molecule has 1 aromatic heterocycles. The Morgan fingerprint density at radius 3 is 2.43 bits per heavy atom. The van der Waals surface area contributed by atoms with E-state index in [1.54, 1.807) is 12.3 Å². The molecule has 1 saturated heterocycles. The Hall–Kier alpha value is -1.33. The highest BCUT2D eigenvalue weighted by Gasteiger charge is 2.28. The average molecular weight is 294 g/mol. The summed E-state index contributed by atoms with van der Waals surface area (Å²) in [6, 6.07) is 1.73. The summed E-state index contributed by atoms with van der Waals surface area (Å²) >= 11 is 0. The fourth-order valence-corrected chi connectivity index (χ4v) is 2.43. The summed E-state index contributed by atoms with van der Waals surface area (Å²) in [6.07, 6.45) is 1.20. The Kier molecular flexibility index (Phi) is 4.74. The summed E-state index contributed by atoms with van der Waals surface area (Å²) in [4.78, 5) is 16.5. The second-order valence-electron chi connectivity index (χ2n) is 6.87. The first-order valence-corrected chi connectivity index (χ1v) is 7.53. The van der Waals surface area contributed by atoms with Crippen LogP contribution < -0.4 is 0 Å². The molecule has 118 valence electrons. The lowest BCUT2D eigenvalue weighted by atomic mass is 9.89. The van der Waals surface area contributed by atoms with Crippen molar-refractivity contribution in [1.29, 1.82) is 0 Å². The van der Waals surface area contributed by atoms with Crippen LogP contribution in [-0.4, -0.2) is 59.6 Å². The van der Waals surface area contributed by atoms with E-state index in [1.165, 1.54) is 0 Å². The molecule has 1 N–H and O–H groups in total. The molecule has 1 atom stereocenters. The van der Waals surface area contributed by atoms with E-state index in [0.717, 1.165) is 13.1 Å². The van der Waals surface area contributed by atoms with Gasteiger partial charge >= 0.3 is 0 Å². The van der Waals surface area contributed by atoms with Crippen molar-refractivity contribution < 1.29 is 14.3 Å². The maximum absolute atomic E-state index is 12.4. The van der Waals surface area contributed by atoms with Gasteiger partial charge in [-0.2, -0.15) is 0 Å². The van der Waals surface area contributed by atoms with Gasteiger partial charge in [-0.1, -0.05) is 20.8 Å². The highest BCUT2D eigenvalue weighted by atomic mass is 16.3. The summed E-state index contributed by atoms with van der Waals surface area (Å²) in [5, 5.41) is 10.2. The first kappa shape index (κ1) is 16.0. The number of carbonyl (C=O) groups excluding carboxylic acids is 1. The maximum atomic E-state index is 12.4. The van der Waals surface area contributed by atoms with Crippen molar-refractivity contribution in [2.45, 2.75) is 33.8 Å². The summed E-state index contributed by atoms with van der Waals surface area (Å²) in [6.45, 7) is 11.6. The smallest absolute Gasteiger partial charge is 0.257 e. The third kappa shape index (κ3) is 3.86. The Morgan fingerprint density at radius 1 is 1.33 bits per heavy atom.